The van der Waals surface area contributed by atoms with E-state index in [4.69, 9.17) is 0 Å². The molecule has 0 radical (unpaired) electrons. The Morgan fingerprint density at radius 3 is 2.79 bits per heavy atom. The summed E-state index contributed by atoms with van der Waals surface area (Å²) in [5, 5.41) is 13.1. The number of likely N-dealkylation sites (N-methyl/N-ethyl adjacent to an activating group) is 1. The molecule has 2 rings (SSSR count). The minimum absolute atomic E-state index is 0.0930. The van der Waals surface area contributed by atoms with Crippen LogP contribution in [-0.4, -0.2) is 35.0 Å². The van der Waals surface area contributed by atoms with E-state index < -0.39 is 5.54 Å². The molecule has 0 bridgehead atoms. The van der Waals surface area contributed by atoms with Gasteiger partial charge in [0.15, 0.2) is 0 Å². The largest absolute Gasteiger partial charge is 0.508 e. The smallest absolute Gasteiger partial charge is 0.242 e. The average Bonchev–Trinajstić information content (AvgIpc) is 2.41. The van der Waals surface area contributed by atoms with Crippen LogP contribution in [0.2, 0.25) is 0 Å². The van der Waals surface area contributed by atoms with E-state index in [0.29, 0.717) is 6.54 Å². The molecule has 4 nitrogen and oxygen atoms in total. The summed E-state index contributed by atoms with van der Waals surface area (Å²) in [6.07, 6.45) is 3.09. The Bertz CT molecular complexity index is 453. The van der Waals surface area contributed by atoms with E-state index in [1.165, 1.54) is 0 Å². The van der Waals surface area contributed by atoms with Gasteiger partial charge in [-0.25, -0.2) is 0 Å². The predicted molar refractivity (Wildman–Crippen MR) is 74.8 cm³/mol. The van der Waals surface area contributed by atoms with Gasteiger partial charge >= 0.3 is 0 Å². The van der Waals surface area contributed by atoms with Crippen molar-refractivity contribution in [3.8, 4) is 5.75 Å². The lowest BCUT2D eigenvalue weighted by molar-refractivity contribution is -0.137. The van der Waals surface area contributed by atoms with Crippen LogP contribution in [0.25, 0.3) is 0 Å². The Hall–Kier alpha value is -1.55. The SMILES string of the molecule is CN(Cc1ccccc1O)C(=O)C1(C)CCCCN1. The van der Waals surface area contributed by atoms with Gasteiger partial charge in [-0.3, -0.25) is 4.79 Å². The number of nitrogens with one attached hydrogen (secondary N) is 1. The number of benzene rings is 1. The second-order valence-electron chi connectivity index (χ2n) is 5.51. The van der Waals surface area contributed by atoms with Crippen LogP contribution in [0, 0.1) is 0 Å². The molecule has 1 amide bonds. The first-order valence-electron chi connectivity index (χ1n) is 6.80. The molecule has 1 aromatic carbocycles. The molecule has 0 spiro atoms. The molecule has 1 atom stereocenters. The van der Waals surface area contributed by atoms with Crippen LogP contribution in [-0.2, 0) is 11.3 Å². The van der Waals surface area contributed by atoms with Gasteiger partial charge < -0.3 is 15.3 Å². The second-order valence-corrected chi connectivity index (χ2v) is 5.51. The summed E-state index contributed by atoms with van der Waals surface area (Å²) >= 11 is 0. The number of rotatable bonds is 3. The van der Waals surface area contributed by atoms with E-state index in [1.807, 2.05) is 19.1 Å². The third-order valence-corrected chi connectivity index (χ3v) is 3.84. The molecular weight excluding hydrogens is 240 g/mol. The van der Waals surface area contributed by atoms with Crippen molar-refractivity contribution in [1.82, 2.24) is 10.2 Å². The van der Waals surface area contributed by atoms with Gasteiger partial charge in [-0.2, -0.15) is 0 Å². The van der Waals surface area contributed by atoms with Crippen LogP contribution in [0.5, 0.6) is 5.75 Å². The van der Waals surface area contributed by atoms with Crippen LogP contribution in [0.3, 0.4) is 0 Å². The molecule has 4 heteroatoms. The van der Waals surface area contributed by atoms with Crippen molar-refractivity contribution in [1.29, 1.82) is 0 Å². The Kier molecular flexibility index (Phi) is 4.10. The fourth-order valence-corrected chi connectivity index (χ4v) is 2.63. The maximum atomic E-state index is 12.5. The number of nitrogens with zero attached hydrogens (tertiary/aromatic N) is 1. The van der Waals surface area contributed by atoms with Crippen molar-refractivity contribution in [2.24, 2.45) is 0 Å². The minimum atomic E-state index is -0.461. The van der Waals surface area contributed by atoms with Crippen LogP contribution >= 0.6 is 0 Å². The molecule has 1 unspecified atom stereocenters. The zero-order valence-electron chi connectivity index (χ0n) is 11.6. The summed E-state index contributed by atoms with van der Waals surface area (Å²) in [6, 6.07) is 7.14. The lowest BCUT2D eigenvalue weighted by Gasteiger charge is -2.36. The molecular formula is C15H22N2O2. The quantitative estimate of drug-likeness (QED) is 0.874. The first kappa shape index (κ1) is 13.9. The molecule has 1 heterocycles. The number of para-hydroxylation sites is 1. The zero-order valence-corrected chi connectivity index (χ0v) is 11.6. The maximum Gasteiger partial charge on any atom is 0.242 e. The highest BCUT2D eigenvalue weighted by Crippen LogP contribution is 2.23. The van der Waals surface area contributed by atoms with Crippen molar-refractivity contribution in [2.45, 2.75) is 38.3 Å². The summed E-state index contributed by atoms with van der Waals surface area (Å²) in [4.78, 5) is 14.2. The van der Waals surface area contributed by atoms with Crippen LogP contribution in [0.15, 0.2) is 24.3 Å². The summed E-state index contributed by atoms with van der Waals surface area (Å²) < 4.78 is 0. The molecule has 0 aromatic heterocycles. The topological polar surface area (TPSA) is 52.6 Å². The monoisotopic (exact) mass is 262 g/mol. The maximum absolute atomic E-state index is 12.5. The summed E-state index contributed by atoms with van der Waals surface area (Å²) in [7, 11) is 1.79. The number of hydrogen-bond donors (Lipinski definition) is 2. The average molecular weight is 262 g/mol. The molecule has 0 aliphatic carbocycles. The Morgan fingerprint density at radius 2 is 2.16 bits per heavy atom. The molecule has 104 valence electrons. The fourth-order valence-electron chi connectivity index (χ4n) is 2.63. The first-order valence-corrected chi connectivity index (χ1v) is 6.80. The number of phenolic OH excluding ortho intramolecular Hbond substituents is 1. The Balaban J connectivity index is 2.05. The summed E-state index contributed by atoms with van der Waals surface area (Å²) in [6.45, 7) is 3.30. The molecule has 2 N–H and O–H groups in total. The van der Waals surface area contributed by atoms with Crippen molar-refractivity contribution in [3.63, 3.8) is 0 Å². The van der Waals surface area contributed by atoms with Crippen molar-refractivity contribution < 1.29 is 9.90 Å². The standard InChI is InChI=1S/C15H22N2O2/c1-15(9-5-6-10-16-15)14(19)17(2)11-12-7-3-4-8-13(12)18/h3-4,7-8,16,18H,5-6,9-11H2,1-2H3. The van der Waals surface area contributed by atoms with Crippen LogP contribution in [0.4, 0.5) is 0 Å². The van der Waals surface area contributed by atoms with Gasteiger partial charge in [0.05, 0.1) is 5.54 Å². The highest BCUT2D eigenvalue weighted by Gasteiger charge is 2.36. The fraction of sp³-hybridized carbons (Fsp3) is 0.533. The van der Waals surface area contributed by atoms with Gasteiger partial charge in [-0.15, -0.1) is 0 Å². The van der Waals surface area contributed by atoms with E-state index in [9.17, 15) is 9.90 Å². The van der Waals surface area contributed by atoms with E-state index in [-0.39, 0.29) is 11.7 Å². The van der Waals surface area contributed by atoms with E-state index in [1.54, 1.807) is 24.1 Å². The van der Waals surface area contributed by atoms with Crippen molar-refractivity contribution in [2.75, 3.05) is 13.6 Å². The number of phenols is 1. The van der Waals surface area contributed by atoms with Gasteiger partial charge in [-0.05, 0) is 38.8 Å². The molecule has 1 aliphatic rings. The number of piperidine rings is 1. The van der Waals surface area contributed by atoms with E-state index >= 15 is 0 Å². The van der Waals surface area contributed by atoms with Gasteiger partial charge in [-0.1, -0.05) is 18.2 Å². The lowest BCUT2D eigenvalue weighted by Crippen LogP contribution is -2.57. The summed E-state index contributed by atoms with van der Waals surface area (Å²) in [5.41, 5.74) is 0.315. The third-order valence-electron chi connectivity index (χ3n) is 3.84. The number of hydrogen-bond acceptors (Lipinski definition) is 3. The summed E-state index contributed by atoms with van der Waals surface area (Å²) in [5.74, 6) is 0.333. The predicted octanol–water partition coefficient (Wildman–Crippen LogP) is 1.88. The molecule has 1 aromatic rings. The third kappa shape index (κ3) is 3.07. The molecule has 0 saturated carbocycles. The highest BCUT2D eigenvalue weighted by atomic mass is 16.3. The first-order chi connectivity index (χ1) is 9.03. The van der Waals surface area contributed by atoms with Gasteiger partial charge in [0.25, 0.3) is 0 Å². The number of carbonyl (C=O) groups is 1. The van der Waals surface area contributed by atoms with Crippen molar-refractivity contribution >= 4 is 5.91 Å². The van der Waals surface area contributed by atoms with Crippen LogP contribution in [0.1, 0.15) is 31.7 Å². The minimum Gasteiger partial charge on any atom is -0.508 e. The number of amides is 1. The van der Waals surface area contributed by atoms with Crippen LogP contribution < -0.4 is 5.32 Å². The lowest BCUT2D eigenvalue weighted by atomic mass is 9.89. The molecule has 1 aliphatic heterocycles. The molecule has 1 saturated heterocycles. The molecule has 19 heavy (non-hydrogen) atoms. The highest BCUT2D eigenvalue weighted by molar-refractivity contribution is 5.85. The Labute approximate surface area is 114 Å². The molecule has 1 fully saturated rings. The van der Waals surface area contributed by atoms with E-state index in [2.05, 4.69) is 5.32 Å². The van der Waals surface area contributed by atoms with Crippen molar-refractivity contribution in [3.05, 3.63) is 29.8 Å². The van der Waals surface area contributed by atoms with Gasteiger partial charge in [0, 0.05) is 19.2 Å². The van der Waals surface area contributed by atoms with Gasteiger partial charge in [0.1, 0.15) is 5.75 Å². The zero-order chi connectivity index (χ0) is 13.9. The van der Waals surface area contributed by atoms with Gasteiger partial charge in [0.2, 0.25) is 5.91 Å². The number of aromatic hydroxyl groups is 1. The number of carbonyl (C=O) groups excluding carboxylic acids is 1. The van der Waals surface area contributed by atoms with E-state index in [0.717, 1.165) is 31.4 Å². The Morgan fingerprint density at radius 1 is 1.42 bits per heavy atom. The second kappa shape index (κ2) is 5.61. The normalized spacial score (nSPS) is 23.1.